The standard InChI is InChI=1S/C52H89FN6O14S/c1-16-40-52(11,65)45(61)33(6)58(14)27-29(2)24-51(10,64)47(31(4)43(32(5)48(63)71-40)72-41-25-50(8,9)46(62)34(7)70-41)73-49-42(60)38(23-30(3)69-49)57(13)22-21-36-28-59(56-55-36)39(26-53)44(68-15)35-17-19-37(20-18-35)74(66,67)54-12/h17-20,28-34,38-47,49,54,60-62,64-65H,16,21-27H2,1-15H3/t29-,30-,31+,32-,33-,34+,38+,39-,40-,41+,42-,43+,44-,45-,46+,47-,49+,51-,52-/m1/s1. The van der Waals surface area contributed by atoms with Crippen molar-refractivity contribution in [3.63, 3.8) is 0 Å². The van der Waals surface area contributed by atoms with Gasteiger partial charge in [-0.15, -0.1) is 5.10 Å². The third-order valence-corrected chi connectivity index (χ3v) is 17.5. The lowest BCUT2D eigenvalue weighted by Crippen LogP contribution is -2.60. The van der Waals surface area contributed by atoms with E-state index in [1.54, 1.807) is 59.9 Å². The average molecular weight is 1070 g/mol. The van der Waals surface area contributed by atoms with E-state index in [4.69, 9.17) is 28.4 Å². The van der Waals surface area contributed by atoms with Gasteiger partial charge in [0.1, 0.15) is 42.7 Å². The molecular formula is C52H89FN6O14S. The average Bonchev–Trinajstić information content (AvgIpc) is 3.81. The zero-order valence-electron chi connectivity index (χ0n) is 46.3. The van der Waals surface area contributed by atoms with Gasteiger partial charge in [0, 0.05) is 57.2 Å². The summed E-state index contributed by atoms with van der Waals surface area (Å²) in [6.07, 6.45) is -7.70. The number of halogens is 1. The van der Waals surface area contributed by atoms with E-state index in [2.05, 4.69) is 15.0 Å². The number of nitrogens with one attached hydrogen (secondary N) is 1. The predicted molar refractivity (Wildman–Crippen MR) is 273 cm³/mol. The molecule has 0 spiro atoms. The van der Waals surface area contributed by atoms with Gasteiger partial charge in [-0.3, -0.25) is 4.79 Å². The summed E-state index contributed by atoms with van der Waals surface area (Å²) in [5.41, 5.74) is -3.04. The monoisotopic (exact) mass is 1070 g/mol. The molecule has 3 saturated heterocycles. The Bertz CT molecular complexity index is 2210. The van der Waals surface area contributed by atoms with E-state index in [1.807, 2.05) is 51.6 Å². The predicted octanol–water partition coefficient (Wildman–Crippen LogP) is 3.53. The van der Waals surface area contributed by atoms with E-state index in [1.165, 1.54) is 37.9 Å². The van der Waals surface area contributed by atoms with Crippen molar-refractivity contribution in [2.75, 3.05) is 48.0 Å². The number of methoxy groups -OCH3 is 1. The molecule has 0 saturated carbocycles. The Balaban J connectivity index is 1.43. The fourth-order valence-corrected chi connectivity index (χ4v) is 12.2. The van der Waals surface area contributed by atoms with Gasteiger partial charge >= 0.3 is 5.97 Å². The van der Waals surface area contributed by atoms with Gasteiger partial charge in [-0.25, -0.2) is 22.2 Å². The normalized spacial score (nSPS) is 38.2. The maximum Gasteiger partial charge on any atom is 0.311 e. The first-order chi connectivity index (χ1) is 34.4. The number of alkyl halides is 1. The number of nitrogens with zero attached hydrogens (tertiary/aromatic N) is 5. The number of carbonyl (C=O) groups excluding carboxylic acids is 1. The number of aliphatic hydroxyl groups is 5. The van der Waals surface area contributed by atoms with E-state index in [9.17, 15) is 43.1 Å². The molecule has 19 atom stereocenters. The van der Waals surface area contributed by atoms with Crippen molar-refractivity contribution in [3.05, 3.63) is 41.7 Å². The number of esters is 1. The van der Waals surface area contributed by atoms with Crippen LogP contribution >= 0.6 is 0 Å². The second-order valence-electron chi connectivity index (χ2n) is 22.7. The molecule has 4 heterocycles. The number of carbonyl (C=O) groups is 1. The van der Waals surface area contributed by atoms with E-state index in [-0.39, 0.29) is 30.1 Å². The van der Waals surface area contributed by atoms with E-state index >= 15 is 0 Å². The summed E-state index contributed by atoms with van der Waals surface area (Å²) in [4.78, 5) is 18.4. The topological polar surface area (TPSA) is 257 Å². The van der Waals surface area contributed by atoms with Crippen LogP contribution in [-0.4, -0.2) is 197 Å². The Morgan fingerprint density at radius 1 is 0.986 bits per heavy atom. The number of aromatic nitrogens is 3. The highest BCUT2D eigenvalue weighted by Crippen LogP contribution is 2.42. The highest BCUT2D eigenvalue weighted by Gasteiger charge is 2.52. The fraction of sp³-hybridized carbons (Fsp3) is 0.827. The molecule has 0 radical (unpaired) electrons. The van der Waals surface area contributed by atoms with Crippen LogP contribution in [-0.2, 0) is 49.7 Å². The molecule has 0 amide bonds. The quantitative estimate of drug-likeness (QED) is 0.132. The number of aliphatic hydroxyl groups excluding tert-OH is 3. The first kappa shape index (κ1) is 62.0. The molecule has 2 aromatic rings. The molecule has 5 rings (SSSR count). The second-order valence-corrected chi connectivity index (χ2v) is 24.6. The number of ether oxygens (including phenoxy) is 6. The van der Waals surface area contributed by atoms with Gasteiger partial charge in [-0.05, 0) is 111 Å². The Morgan fingerprint density at radius 2 is 1.64 bits per heavy atom. The van der Waals surface area contributed by atoms with Crippen molar-refractivity contribution in [2.24, 2.45) is 23.2 Å². The summed E-state index contributed by atoms with van der Waals surface area (Å²) < 4.78 is 81.3. The summed E-state index contributed by atoms with van der Waals surface area (Å²) in [5, 5.41) is 68.2. The lowest BCUT2D eigenvalue weighted by molar-refractivity contribution is -0.312. The lowest BCUT2D eigenvalue weighted by atomic mass is 9.77. The zero-order valence-corrected chi connectivity index (χ0v) is 47.1. The summed E-state index contributed by atoms with van der Waals surface area (Å²) in [6, 6.07) is 3.96. The van der Waals surface area contributed by atoms with Gasteiger partial charge in [0.15, 0.2) is 12.6 Å². The molecule has 20 nitrogen and oxygen atoms in total. The lowest BCUT2D eigenvalue weighted by Gasteiger charge is -2.49. The largest absolute Gasteiger partial charge is 0.459 e. The van der Waals surface area contributed by atoms with Crippen LogP contribution in [0.3, 0.4) is 0 Å². The third kappa shape index (κ3) is 14.3. The smallest absolute Gasteiger partial charge is 0.311 e. The molecule has 0 unspecified atom stereocenters. The van der Waals surface area contributed by atoms with Crippen LogP contribution in [0, 0.1) is 23.2 Å². The summed E-state index contributed by atoms with van der Waals surface area (Å²) in [7, 11) is 2.75. The molecule has 22 heteroatoms. The van der Waals surface area contributed by atoms with Crippen LogP contribution in [0.25, 0.3) is 0 Å². The number of sulfonamides is 1. The van der Waals surface area contributed by atoms with Crippen molar-refractivity contribution in [1.29, 1.82) is 0 Å². The van der Waals surface area contributed by atoms with Crippen molar-refractivity contribution in [3.8, 4) is 0 Å². The number of hydrogen-bond donors (Lipinski definition) is 6. The molecule has 0 bridgehead atoms. The first-order valence-corrected chi connectivity index (χ1v) is 27.7. The highest BCUT2D eigenvalue weighted by atomic mass is 32.2. The minimum Gasteiger partial charge on any atom is -0.459 e. The Labute approximate surface area is 438 Å². The Kier molecular flexibility index (Phi) is 21.2. The number of likely N-dealkylation sites (N-methyl/N-ethyl adjacent to an activating group) is 2. The van der Waals surface area contributed by atoms with E-state index < -0.39 is 137 Å². The minimum absolute atomic E-state index is 0.0550. The fourth-order valence-electron chi connectivity index (χ4n) is 11.5. The number of hydrogen-bond acceptors (Lipinski definition) is 18. The molecule has 3 aliphatic rings. The van der Waals surface area contributed by atoms with Gasteiger partial charge in [-0.1, -0.05) is 52.0 Å². The second kappa shape index (κ2) is 25.3. The van der Waals surface area contributed by atoms with Crippen LogP contribution in [0.5, 0.6) is 0 Å². The van der Waals surface area contributed by atoms with Crippen LogP contribution < -0.4 is 4.72 Å². The van der Waals surface area contributed by atoms with Crippen LogP contribution in [0.4, 0.5) is 4.39 Å². The summed E-state index contributed by atoms with van der Waals surface area (Å²) >= 11 is 0. The van der Waals surface area contributed by atoms with Crippen LogP contribution in [0.1, 0.15) is 125 Å². The van der Waals surface area contributed by atoms with Gasteiger partial charge in [0.05, 0.1) is 52.6 Å². The summed E-state index contributed by atoms with van der Waals surface area (Å²) in [6.45, 7) is 19.5. The zero-order chi connectivity index (χ0) is 55.4. The third-order valence-electron chi connectivity index (χ3n) is 16.1. The van der Waals surface area contributed by atoms with Gasteiger partial charge in [0.2, 0.25) is 10.0 Å². The van der Waals surface area contributed by atoms with Crippen molar-refractivity contribution in [2.45, 2.75) is 210 Å². The van der Waals surface area contributed by atoms with Crippen LogP contribution in [0.15, 0.2) is 35.4 Å². The Hall–Kier alpha value is -2.81. The van der Waals surface area contributed by atoms with Crippen molar-refractivity contribution in [1.82, 2.24) is 29.5 Å². The summed E-state index contributed by atoms with van der Waals surface area (Å²) in [5.74, 6) is -2.82. The molecule has 3 aliphatic heterocycles. The number of benzene rings is 1. The number of cyclic esters (lactones) is 1. The van der Waals surface area contributed by atoms with E-state index in [0.29, 0.717) is 37.2 Å². The van der Waals surface area contributed by atoms with Gasteiger partial charge in [0.25, 0.3) is 0 Å². The first-order valence-electron chi connectivity index (χ1n) is 26.2. The van der Waals surface area contributed by atoms with Crippen molar-refractivity contribution >= 4 is 16.0 Å². The molecular weight excluding hydrogens is 984 g/mol. The Morgan fingerprint density at radius 3 is 2.22 bits per heavy atom. The molecule has 424 valence electrons. The molecule has 6 N–H and O–H groups in total. The maximum absolute atomic E-state index is 14.8. The van der Waals surface area contributed by atoms with Gasteiger partial charge < -0.3 is 63.8 Å². The van der Waals surface area contributed by atoms with Crippen LogP contribution in [0.2, 0.25) is 0 Å². The molecule has 1 aromatic carbocycles. The van der Waals surface area contributed by atoms with Gasteiger partial charge in [-0.2, -0.15) is 0 Å². The molecule has 0 aliphatic carbocycles. The maximum atomic E-state index is 14.8. The SMILES string of the molecule is CC[C@H]1OC(=O)[C@H](C)[C@@H](O[C@H]2CC(C)(C)[C@@H](O)[C@H](C)O2)[C@H](C)[C@@H](O[C@@H]2O[C@H](C)C[C@H](N(C)CCc3cn([C@H](CF)[C@H](OC)c4ccc(S(=O)(=O)NC)cc4)nn3)[C@H]2O)[C@](C)(O)C[C@@H](C)CN(C)[C@H](C)[C@@H](O)[C@]1(C)O. The molecule has 74 heavy (non-hydrogen) atoms. The molecule has 3 fully saturated rings. The molecule has 1 aromatic heterocycles. The van der Waals surface area contributed by atoms with Crippen molar-refractivity contribution < 1.29 is 71.6 Å². The minimum atomic E-state index is -3.68. The van der Waals surface area contributed by atoms with E-state index in [0.717, 1.165) is 0 Å². The highest BCUT2D eigenvalue weighted by molar-refractivity contribution is 7.89. The number of rotatable bonds is 16.